The highest BCUT2D eigenvalue weighted by molar-refractivity contribution is 5.99. The van der Waals surface area contributed by atoms with Crippen molar-refractivity contribution in [1.82, 2.24) is 15.2 Å². The second-order valence-electron chi connectivity index (χ2n) is 9.29. The lowest BCUT2D eigenvalue weighted by molar-refractivity contribution is 0.101. The summed E-state index contributed by atoms with van der Waals surface area (Å²) in [7, 11) is 0. The Labute approximate surface area is 212 Å². The summed E-state index contributed by atoms with van der Waals surface area (Å²) in [6.45, 7) is 19.0. The lowest BCUT2D eigenvalue weighted by Crippen LogP contribution is -2.26. The fraction of sp³-hybridized carbons (Fsp3) is 0.467. The van der Waals surface area contributed by atoms with Gasteiger partial charge >= 0.3 is 0 Å². The number of nitrogens with zero attached hydrogens (tertiary/aromatic N) is 2. The standard InChI is InChI=1S/C20H25N3O.C10H19N/c1-15-5-10-19(16(2)24)20(21-15)22-18-8-6-17(7-9-18)11-14-23-12-3-4-13-23;1-5-8-10(7-3)11-9(4)6-2/h5-10H,3-4,11-14H2,1-2H3,(H,21,22);6,10-11H,2,4-5,7-8H2,1,3H3/t;10-/m.1/s1. The fourth-order valence-corrected chi connectivity index (χ4v) is 4.17. The number of ketones is 1. The van der Waals surface area contributed by atoms with E-state index in [9.17, 15) is 4.79 Å². The molecule has 1 aliphatic rings. The summed E-state index contributed by atoms with van der Waals surface area (Å²) < 4.78 is 0. The second kappa shape index (κ2) is 15.2. The summed E-state index contributed by atoms with van der Waals surface area (Å²) in [6.07, 6.45) is 9.11. The molecule has 190 valence electrons. The summed E-state index contributed by atoms with van der Waals surface area (Å²) >= 11 is 0. The first kappa shape index (κ1) is 28.3. The van der Waals surface area contributed by atoms with Gasteiger partial charge in [0, 0.05) is 29.7 Å². The zero-order valence-electron chi connectivity index (χ0n) is 22.2. The first-order valence-electron chi connectivity index (χ1n) is 13.0. The molecule has 2 heterocycles. The van der Waals surface area contributed by atoms with Crippen LogP contribution in [0.15, 0.2) is 61.3 Å². The summed E-state index contributed by atoms with van der Waals surface area (Å²) in [5, 5.41) is 6.58. The Bertz CT molecular complexity index is 945. The summed E-state index contributed by atoms with van der Waals surface area (Å²) in [5.41, 5.74) is 4.76. The smallest absolute Gasteiger partial charge is 0.163 e. The van der Waals surface area contributed by atoms with E-state index < -0.39 is 0 Å². The van der Waals surface area contributed by atoms with E-state index in [4.69, 9.17) is 0 Å². The molecule has 1 saturated heterocycles. The van der Waals surface area contributed by atoms with E-state index in [1.54, 1.807) is 13.0 Å². The van der Waals surface area contributed by atoms with Gasteiger partial charge in [-0.2, -0.15) is 0 Å². The normalized spacial score (nSPS) is 13.9. The molecule has 0 saturated carbocycles. The number of hydrogen-bond acceptors (Lipinski definition) is 5. The van der Waals surface area contributed by atoms with Crippen molar-refractivity contribution < 1.29 is 4.79 Å². The summed E-state index contributed by atoms with van der Waals surface area (Å²) in [4.78, 5) is 18.7. The topological polar surface area (TPSA) is 57.3 Å². The van der Waals surface area contributed by atoms with Crippen LogP contribution in [0, 0.1) is 6.92 Å². The van der Waals surface area contributed by atoms with Gasteiger partial charge in [0.05, 0.1) is 5.56 Å². The molecule has 1 aromatic carbocycles. The van der Waals surface area contributed by atoms with Crippen molar-refractivity contribution in [2.75, 3.05) is 25.0 Å². The number of aromatic nitrogens is 1. The van der Waals surface area contributed by atoms with Gasteiger partial charge in [0.1, 0.15) is 5.82 Å². The Morgan fingerprint density at radius 2 is 1.83 bits per heavy atom. The molecule has 0 radical (unpaired) electrons. The maximum atomic E-state index is 11.7. The van der Waals surface area contributed by atoms with Crippen LogP contribution in [0.25, 0.3) is 0 Å². The van der Waals surface area contributed by atoms with Gasteiger partial charge in [-0.3, -0.25) is 4.79 Å². The van der Waals surface area contributed by atoms with Crippen molar-refractivity contribution in [3.8, 4) is 0 Å². The Balaban J connectivity index is 0.000000334. The van der Waals surface area contributed by atoms with Crippen LogP contribution in [0.3, 0.4) is 0 Å². The number of benzene rings is 1. The van der Waals surface area contributed by atoms with E-state index in [2.05, 4.69) is 71.8 Å². The van der Waals surface area contributed by atoms with E-state index in [1.165, 1.54) is 44.3 Å². The molecule has 2 aromatic rings. The van der Waals surface area contributed by atoms with Crippen molar-refractivity contribution >= 4 is 17.3 Å². The van der Waals surface area contributed by atoms with Crippen molar-refractivity contribution in [2.24, 2.45) is 0 Å². The molecule has 0 bridgehead atoms. The zero-order chi connectivity index (χ0) is 25.6. The summed E-state index contributed by atoms with van der Waals surface area (Å²) in [5.74, 6) is 0.652. The third-order valence-corrected chi connectivity index (χ3v) is 6.31. The fourth-order valence-electron chi connectivity index (χ4n) is 4.17. The number of anilines is 2. The summed E-state index contributed by atoms with van der Waals surface area (Å²) in [6, 6.07) is 12.7. The number of carbonyl (C=O) groups is 1. The minimum absolute atomic E-state index is 0.0206. The van der Waals surface area contributed by atoms with Crippen LogP contribution >= 0.6 is 0 Å². The van der Waals surface area contributed by atoms with E-state index >= 15 is 0 Å². The molecule has 35 heavy (non-hydrogen) atoms. The molecule has 1 aliphatic heterocycles. The number of nitrogens with one attached hydrogen (secondary N) is 2. The van der Waals surface area contributed by atoms with Crippen molar-refractivity contribution in [1.29, 1.82) is 0 Å². The van der Waals surface area contributed by atoms with Crippen LogP contribution in [0.5, 0.6) is 0 Å². The number of hydrogen-bond donors (Lipinski definition) is 2. The van der Waals surface area contributed by atoms with Crippen molar-refractivity contribution in [2.45, 2.75) is 72.3 Å². The van der Waals surface area contributed by atoms with E-state index in [0.29, 0.717) is 17.4 Å². The van der Waals surface area contributed by atoms with Gasteiger partial charge in [-0.25, -0.2) is 4.98 Å². The van der Waals surface area contributed by atoms with Gasteiger partial charge < -0.3 is 15.5 Å². The largest absolute Gasteiger partial charge is 0.383 e. The Hall–Kier alpha value is -2.92. The maximum absolute atomic E-state index is 11.7. The first-order valence-corrected chi connectivity index (χ1v) is 13.0. The molecule has 1 fully saturated rings. The van der Waals surface area contributed by atoms with Crippen LogP contribution in [-0.4, -0.2) is 41.3 Å². The second-order valence-corrected chi connectivity index (χ2v) is 9.29. The maximum Gasteiger partial charge on any atom is 0.163 e. The van der Waals surface area contributed by atoms with Crippen LogP contribution in [0.2, 0.25) is 0 Å². The molecule has 0 spiro atoms. The van der Waals surface area contributed by atoms with Crippen molar-refractivity contribution in [3.05, 3.63) is 78.1 Å². The van der Waals surface area contributed by atoms with E-state index in [0.717, 1.165) is 36.5 Å². The van der Waals surface area contributed by atoms with Gasteiger partial charge in [0.15, 0.2) is 5.78 Å². The molecule has 1 aromatic heterocycles. The molecule has 2 N–H and O–H groups in total. The predicted octanol–water partition coefficient (Wildman–Crippen LogP) is 6.83. The number of Topliss-reactive ketones (excluding diaryl/α,β-unsaturated/α-hetero) is 1. The first-order chi connectivity index (χ1) is 16.9. The number of rotatable bonds is 12. The van der Waals surface area contributed by atoms with Gasteiger partial charge in [-0.15, -0.1) is 0 Å². The Kier molecular flexibility index (Phi) is 12.3. The predicted molar refractivity (Wildman–Crippen MR) is 150 cm³/mol. The highest BCUT2D eigenvalue weighted by Gasteiger charge is 2.11. The average molecular weight is 477 g/mol. The lowest BCUT2D eigenvalue weighted by atomic mass is 10.1. The molecular weight excluding hydrogens is 432 g/mol. The van der Waals surface area contributed by atoms with Crippen molar-refractivity contribution in [3.63, 3.8) is 0 Å². The highest BCUT2D eigenvalue weighted by atomic mass is 16.1. The molecule has 0 aliphatic carbocycles. The monoisotopic (exact) mass is 476 g/mol. The molecular formula is C30H44N4O. The Morgan fingerprint density at radius 1 is 1.14 bits per heavy atom. The minimum Gasteiger partial charge on any atom is -0.383 e. The number of carbonyl (C=O) groups excluding carboxylic acids is 1. The number of allylic oxidation sites excluding steroid dienone is 1. The third-order valence-electron chi connectivity index (χ3n) is 6.31. The van der Waals surface area contributed by atoms with Gasteiger partial charge in [0.25, 0.3) is 0 Å². The molecule has 0 amide bonds. The minimum atomic E-state index is 0.0206. The van der Waals surface area contributed by atoms with E-state index in [1.807, 2.05) is 19.1 Å². The molecule has 3 rings (SSSR count). The van der Waals surface area contributed by atoms with E-state index in [-0.39, 0.29) is 5.78 Å². The van der Waals surface area contributed by atoms with Crippen LogP contribution in [-0.2, 0) is 6.42 Å². The Morgan fingerprint density at radius 3 is 2.40 bits per heavy atom. The lowest BCUT2D eigenvalue weighted by Gasteiger charge is -2.16. The molecule has 5 heteroatoms. The number of pyridine rings is 1. The highest BCUT2D eigenvalue weighted by Crippen LogP contribution is 2.21. The average Bonchev–Trinajstić information content (AvgIpc) is 3.37. The number of likely N-dealkylation sites (tertiary alicyclic amines) is 1. The number of aryl methyl sites for hydroxylation is 1. The molecule has 0 unspecified atom stereocenters. The SMILES string of the molecule is C=CC(=C)N[C@H](CC)CCC.CC(=O)c1ccc(C)nc1Nc1ccc(CCN2CCCC2)cc1. The van der Waals surface area contributed by atoms with Crippen LogP contribution < -0.4 is 10.6 Å². The third kappa shape index (κ3) is 10.1. The van der Waals surface area contributed by atoms with Gasteiger partial charge in [-0.05, 0) is 94.9 Å². The quantitative estimate of drug-likeness (QED) is 0.260. The van der Waals surface area contributed by atoms with Crippen LogP contribution in [0.1, 0.15) is 74.5 Å². The van der Waals surface area contributed by atoms with Gasteiger partial charge in [-0.1, -0.05) is 45.6 Å². The molecule has 1 atom stereocenters. The molecule has 5 nitrogen and oxygen atoms in total. The van der Waals surface area contributed by atoms with Crippen LogP contribution in [0.4, 0.5) is 11.5 Å². The zero-order valence-corrected chi connectivity index (χ0v) is 22.2. The van der Waals surface area contributed by atoms with Gasteiger partial charge in [0.2, 0.25) is 0 Å².